The van der Waals surface area contributed by atoms with Crippen molar-refractivity contribution in [1.29, 1.82) is 0 Å². The number of aromatic nitrogens is 1. The Balaban J connectivity index is 2.19. The minimum absolute atomic E-state index is 0.407. The van der Waals surface area contributed by atoms with Crippen molar-refractivity contribution in [1.82, 2.24) is 4.23 Å². The van der Waals surface area contributed by atoms with E-state index in [2.05, 4.69) is 114 Å². The number of nitrogens with zero attached hydrogens (tertiary/aromatic N) is 1. The van der Waals surface area contributed by atoms with E-state index in [0.29, 0.717) is 16.6 Å². The van der Waals surface area contributed by atoms with Crippen molar-refractivity contribution < 1.29 is 18.6 Å². The third kappa shape index (κ3) is 4.12. The quantitative estimate of drug-likeness (QED) is 0.537. The van der Waals surface area contributed by atoms with Crippen LogP contribution in [0.2, 0.25) is 16.6 Å². The summed E-state index contributed by atoms with van der Waals surface area (Å²) >= 11 is 0. The van der Waals surface area contributed by atoms with Crippen molar-refractivity contribution in [3.8, 4) is 0 Å². The first-order valence-electron chi connectivity index (χ1n) is 12.7. The van der Waals surface area contributed by atoms with Crippen molar-refractivity contribution in [2.24, 2.45) is 0 Å². The van der Waals surface area contributed by atoms with E-state index in [0.717, 1.165) is 10.9 Å². The molecule has 1 aromatic heterocycles. The molecule has 0 aliphatic carbocycles. The van der Waals surface area contributed by atoms with Crippen LogP contribution in [-0.4, -0.2) is 49.1 Å². The zero-order chi connectivity index (χ0) is 25.4. The molecule has 2 aliphatic heterocycles. The lowest BCUT2D eigenvalue weighted by Crippen LogP contribution is -2.51. The van der Waals surface area contributed by atoms with E-state index in [-0.39, 0.29) is 0 Å². The molecule has 8 heteroatoms. The third-order valence-electron chi connectivity index (χ3n) is 9.13. The second kappa shape index (κ2) is 8.26. The SMILES string of the molecule is CC(C)[Si](C(C)C)(C(C)C)n1cc(B2OC(C)(C)C(C)(C)O2)c(B2OC(C)(C)C(C)(C)O2)c1. The Morgan fingerprint density at radius 2 is 0.818 bits per heavy atom. The van der Waals surface area contributed by atoms with Gasteiger partial charge >= 0.3 is 14.2 Å². The molecule has 2 saturated heterocycles. The molecule has 0 radical (unpaired) electrons. The standard InChI is InChI=1S/C25H47B2NO4Si/c1-17(2)33(18(3)4,19(5)6)28-15-20(26-29-22(7,8)23(9,10)30-26)21(16-28)27-31-24(11,12)25(13,14)32-27/h15-19H,1-14H3. The van der Waals surface area contributed by atoms with E-state index in [1.165, 1.54) is 0 Å². The zero-order valence-electron chi connectivity index (χ0n) is 23.6. The Labute approximate surface area is 204 Å². The van der Waals surface area contributed by atoms with Gasteiger partial charge in [0.15, 0.2) is 8.24 Å². The minimum Gasteiger partial charge on any atom is -0.399 e. The largest absolute Gasteiger partial charge is 0.496 e. The lowest BCUT2D eigenvalue weighted by Gasteiger charge is -2.44. The van der Waals surface area contributed by atoms with Crippen LogP contribution in [0.3, 0.4) is 0 Å². The van der Waals surface area contributed by atoms with Crippen LogP contribution in [0.1, 0.15) is 96.9 Å². The monoisotopic (exact) mass is 475 g/mol. The van der Waals surface area contributed by atoms with Gasteiger partial charge in [0.05, 0.1) is 22.4 Å². The van der Waals surface area contributed by atoms with Crippen molar-refractivity contribution in [3.05, 3.63) is 12.4 Å². The molecular formula is C25H47B2NO4Si. The molecule has 0 aromatic carbocycles. The summed E-state index contributed by atoms with van der Waals surface area (Å²) in [6, 6.07) is 0. The number of hydrogen-bond acceptors (Lipinski definition) is 4. The van der Waals surface area contributed by atoms with E-state index in [1.807, 2.05) is 0 Å². The van der Waals surface area contributed by atoms with Crippen LogP contribution in [0, 0.1) is 0 Å². The number of hydrogen-bond donors (Lipinski definition) is 0. The third-order valence-corrected chi connectivity index (χ3v) is 15.8. The maximum absolute atomic E-state index is 6.53. The molecule has 0 spiro atoms. The first-order valence-corrected chi connectivity index (χ1v) is 14.9. The van der Waals surface area contributed by atoms with Gasteiger partial charge < -0.3 is 22.9 Å². The Kier molecular flexibility index (Phi) is 6.77. The highest BCUT2D eigenvalue weighted by atomic mass is 28.3. The van der Waals surface area contributed by atoms with E-state index in [9.17, 15) is 0 Å². The fraction of sp³-hybridized carbons (Fsp3) is 0.840. The average molecular weight is 475 g/mol. The van der Waals surface area contributed by atoms with Crippen LogP contribution in [-0.2, 0) is 18.6 Å². The molecule has 0 N–H and O–H groups in total. The van der Waals surface area contributed by atoms with Gasteiger partial charge in [0, 0.05) is 0 Å². The van der Waals surface area contributed by atoms with Gasteiger partial charge in [-0.25, -0.2) is 0 Å². The predicted molar refractivity (Wildman–Crippen MR) is 142 cm³/mol. The van der Waals surface area contributed by atoms with Crippen LogP contribution in [0.15, 0.2) is 12.4 Å². The summed E-state index contributed by atoms with van der Waals surface area (Å²) in [5, 5.41) is 0. The molecule has 0 amide bonds. The van der Waals surface area contributed by atoms with Crippen LogP contribution in [0.5, 0.6) is 0 Å². The molecule has 2 aliphatic rings. The second-order valence-corrected chi connectivity index (χ2v) is 18.9. The topological polar surface area (TPSA) is 41.9 Å². The Morgan fingerprint density at radius 3 is 1.03 bits per heavy atom. The fourth-order valence-electron chi connectivity index (χ4n) is 5.94. The van der Waals surface area contributed by atoms with Gasteiger partial charge in [0.2, 0.25) is 0 Å². The maximum atomic E-state index is 6.53. The number of rotatable bonds is 6. The first-order chi connectivity index (χ1) is 14.8. The lowest BCUT2D eigenvalue weighted by molar-refractivity contribution is 0.00578. The summed E-state index contributed by atoms with van der Waals surface area (Å²) in [4.78, 5) is 0. The molecule has 0 bridgehead atoms. The van der Waals surface area contributed by atoms with Crippen molar-refractivity contribution in [2.45, 2.75) is 136 Å². The molecule has 186 valence electrons. The highest BCUT2D eigenvalue weighted by Gasteiger charge is 2.57. The van der Waals surface area contributed by atoms with Crippen molar-refractivity contribution in [2.75, 3.05) is 0 Å². The average Bonchev–Trinajstić information content (AvgIpc) is 3.18. The van der Waals surface area contributed by atoms with Crippen LogP contribution >= 0.6 is 0 Å². The van der Waals surface area contributed by atoms with Crippen LogP contribution < -0.4 is 10.9 Å². The molecule has 0 unspecified atom stereocenters. The molecule has 1 aromatic rings. The van der Waals surface area contributed by atoms with Gasteiger partial charge in [-0.1, -0.05) is 41.5 Å². The molecule has 2 fully saturated rings. The van der Waals surface area contributed by atoms with Gasteiger partial charge in [0.1, 0.15) is 0 Å². The zero-order valence-corrected chi connectivity index (χ0v) is 24.6. The van der Waals surface area contributed by atoms with Crippen LogP contribution in [0.25, 0.3) is 0 Å². The predicted octanol–water partition coefficient (Wildman–Crippen LogP) is 5.11. The van der Waals surface area contributed by atoms with E-state index < -0.39 is 44.9 Å². The molecule has 0 atom stereocenters. The molecule has 33 heavy (non-hydrogen) atoms. The van der Waals surface area contributed by atoms with E-state index >= 15 is 0 Å². The maximum Gasteiger partial charge on any atom is 0.496 e. The van der Waals surface area contributed by atoms with Gasteiger partial charge in [-0.05, 0) is 95.3 Å². The Morgan fingerprint density at radius 1 is 0.576 bits per heavy atom. The Hall–Kier alpha value is -0.533. The molecule has 5 nitrogen and oxygen atoms in total. The smallest absolute Gasteiger partial charge is 0.399 e. The van der Waals surface area contributed by atoms with Crippen molar-refractivity contribution >= 4 is 33.4 Å². The van der Waals surface area contributed by atoms with Gasteiger partial charge in [-0.15, -0.1) is 0 Å². The molecule has 0 saturated carbocycles. The summed E-state index contributed by atoms with van der Waals surface area (Å²) in [5.74, 6) is 0. The molecule has 3 rings (SSSR count). The minimum atomic E-state index is -1.96. The van der Waals surface area contributed by atoms with Gasteiger partial charge in [-0.2, -0.15) is 0 Å². The summed E-state index contributed by atoms with van der Waals surface area (Å²) in [6.45, 7) is 31.1. The highest BCUT2D eigenvalue weighted by molar-refractivity contribution is 6.83. The second-order valence-electron chi connectivity index (χ2n) is 13.1. The molecule has 3 heterocycles. The Bertz CT molecular complexity index is 768. The summed E-state index contributed by atoms with van der Waals surface area (Å²) in [6.07, 6.45) is 4.60. The van der Waals surface area contributed by atoms with E-state index in [4.69, 9.17) is 18.6 Å². The van der Waals surface area contributed by atoms with Gasteiger partial charge in [-0.3, -0.25) is 0 Å². The summed E-state index contributed by atoms with van der Waals surface area (Å²) in [5.41, 5.74) is 2.15. The lowest BCUT2D eigenvalue weighted by atomic mass is 9.67. The summed E-state index contributed by atoms with van der Waals surface area (Å²) < 4.78 is 28.7. The van der Waals surface area contributed by atoms with Crippen molar-refractivity contribution in [3.63, 3.8) is 0 Å². The normalized spacial score (nSPS) is 24.0. The fourth-order valence-corrected chi connectivity index (χ4v) is 12.5. The van der Waals surface area contributed by atoms with Crippen LogP contribution in [0.4, 0.5) is 0 Å². The summed E-state index contributed by atoms with van der Waals surface area (Å²) in [7, 11) is -2.87. The van der Waals surface area contributed by atoms with Gasteiger partial charge in [0.25, 0.3) is 0 Å². The first kappa shape index (κ1) is 27.1. The van der Waals surface area contributed by atoms with E-state index in [1.54, 1.807) is 0 Å². The molecular weight excluding hydrogens is 428 g/mol. The highest BCUT2D eigenvalue weighted by Crippen LogP contribution is 2.43.